The summed E-state index contributed by atoms with van der Waals surface area (Å²) < 4.78 is 39.4. The molecule has 0 atom stereocenters. The van der Waals surface area contributed by atoms with Crippen molar-refractivity contribution in [3.8, 4) is 0 Å². The van der Waals surface area contributed by atoms with Crippen molar-refractivity contribution in [3.63, 3.8) is 0 Å². The summed E-state index contributed by atoms with van der Waals surface area (Å²) in [6, 6.07) is 4.02. The molecule has 1 aliphatic rings. The average Bonchev–Trinajstić information content (AvgIpc) is 3.17. The fourth-order valence-corrected chi connectivity index (χ4v) is 3.35. The van der Waals surface area contributed by atoms with Crippen molar-refractivity contribution in [3.05, 3.63) is 53.6 Å². The molecular weight excluding hydrogens is 437 g/mol. The van der Waals surface area contributed by atoms with Crippen LogP contribution in [-0.2, 0) is 12.7 Å². The molecule has 3 N–H and O–H groups in total. The number of carbonyl (C=O) groups is 1. The molecule has 1 aliphatic heterocycles. The van der Waals surface area contributed by atoms with E-state index < -0.39 is 11.9 Å². The third kappa shape index (κ3) is 4.78. The predicted octanol–water partition coefficient (Wildman–Crippen LogP) is 2.85. The molecule has 4 rings (SSSR count). The molecule has 12 heteroatoms. The first-order valence-electron chi connectivity index (χ1n) is 10.1. The second-order valence-corrected chi connectivity index (χ2v) is 7.47. The molecule has 0 spiro atoms. The predicted molar refractivity (Wildman–Crippen MR) is 118 cm³/mol. The maximum Gasteiger partial charge on any atom is 0.433 e. The fourth-order valence-electron chi connectivity index (χ4n) is 3.35. The number of nitrogens with two attached hydrogens (primary N) is 1. The van der Waals surface area contributed by atoms with Crippen LogP contribution in [0.5, 0.6) is 0 Å². The van der Waals surface area contributed by atoms with E-state index >= 15 is 0 Å². The molecule has 0 saturated heterocycles. The van der Waals surface area contributed by atoms with Gasteiger partial charge in [-0.1, -0.05) is 6.07 Å². The van der Waals surface area contributed by atoms with Crippen LogP contribution >= 0.6 is 0 Å². The van der Waals surface area contributed by atoms with Crippen LogP contribution in [0.25, 0.3) is 11.0 Å². The zero-order valence-electron chi connectivity index (χ0n) is 17.7. The molecule has 0 radical (unpaired) electrons. The van der Waals surface area contributed by atoms with Crippen molar-refractivity contribution >= 4 is 34.9 Å². The minimum absolute atomic E-state index is 0.00674. The lowest BCUT2D eigenvalue weighted by molar-refractivity contribution is -0.141. The third-order valence-corrected chi connectivity index (χ3v) is 5.12. The Kier molecular flexibility index (Phi) is 5.99. The summed E-state index contributed by atoms with van der Waals surface area (Å²) in [7, 11) is 1.87. The SMILES string of the molecule is CN1CCC(=O)n2ccc3nc(NC/C(C=NCc4ccc(C(F)(F)F)nc4)=C/N)nc1c32. The lowest BCUT2D eigenvalue weighted by Gasteiger charge is -2.17. The minimum atomic E-state index is -4.47. The Morgan fingerprint density at radius 2 is 2.12 bits per heavy atom. The van der Waals surface area contributed by atoms with E-state index in [-0.39, 0.29) is 19.0 Å². The van der Waals surface area contributed by atoms with Gasteiger partial charge in [0.1, 0.15) is 11.2 Å². The summed E-state index contributed by atoms with van der Waals surface area (Å²) in [4.78, 5) is 30.9. The first-order chi connectivity index (χ1) is 15.8. The van der Waals surface area contributed by atoms with Crippen LogP contribution in [0.3, 0.4) is 0 Å². The van der Waals surface area contributed by atoms with E-state index in [1.165, 1.54) is 18.5 Å². The lowest BCUT2D eigenvalue weighted by Crippen LogP contribution is -2.21. The van der Waals surface area contributed by atoms with Gasteiger partial charge in [0, 0.05) is 56.9 Å². The first-order valence-corrected chi connectivity index (χ1v) is 10.1. The molecule has 9 nitrogen and oxygen atoms in total. The van der Waals surface area contributed by atoms with Crippen LogP contribution in [0.4, 0.5) is 24.9 Å². The van der Waals surface area contributed by atoms with Crippen molar-refractivity contribution in [1.82, 2.24) is 19.5 Å². The van der Waals surface area contributed by atoms with Crippen molar-refractivity contribution in [2.45, 2.75) is 19.1 Å². The highest BCUT2D eigenvalue weighted by molar-refractivity contribution is 5.98. The number of carbonyl (C=O) groups excluding carboxylic acids is 1. The van der Waals surface area contributed by atoms with Crippen LogP contribution in [0, 0.1) is 0 Å². The molecule has 0 saturated carbocycles. The van der Waals surface area contributed by atoms with Crippen LogP contribution < -0.4 is 16.0 Å². The highest BCUT2D eigenvalue weighted by atomic mass is 19.4. The van der Waals surface area contributed by atoms with E-state index in [0.717, 1.165) is 12.3 Å². The molecule has 0 aliphatic carbocycles. The summed E-state index contributed by atoms with van der Waals surface area (Å²) in [5, 5.41) is 3.10. The third-order valence-electron chi connectivity index (χ3n) is 5.12. The van der Waals surface area contributed by atoms with Crippen molar-refractivity contribution in [1.29, 1.82) is 0 Å². The van der Waals surface area contributed by atoms with Crippen LogP contribution in [-0.4, -0.2) is 51.8 Å². The zero-order chi connectivity index (χ0) is 23.6. The highest BCUT2D eigenvalue weighted by Gasteiger charge is 2.32. The first kappa shape index (κ1) is 22.2. The lowest BCUT2D eigenvalue weighted by atomic mass is 10.2. The quantitative estimate of drug-likeness (QED) is 0.546. The molecule has 0 aromatic carbocycles. The van der Waals surface area contributed by atoms with E-state index in [0.29, 0.717) is 46.9 Å². The number of alkyl halides is 3. The van der Waals surface area contributed by atoms with Crippen molar-refractivity contribution in [2.24, 2.45) is 10.7 Å². The Balaban J connectivity index is 1.42. The number of pyridine rings is 1. The Morgan fingerprint density at radius 3 is 2.82 bits per heavy atom. The summed E-state index contributed by atoms with van der Waals surface area (Å²) in [5.41, 5.74) is 7.22. The Morgan fingerprint density at radius 1 is 1.30 bits per heavy atom. The zero-order valence-corrected chi connectivity index (χ0v) is 17.7. The number of anilines is 2. The van der Waals surface area contributed by atoms with Crippen LogP contribution in [0.2, 0.25) is 0 Å². The Labute approximate surface area is 186 Å². The highest BCUT2D eigenvalue weighted by Crippen LogP contribution is 2.29. The molecule has 0 bridgehead atoms. The topological polar surface area (TPSA) is 114 Å². The van der Waals surface area contributed by atoms with Gasteiger partial charge in [0.25, 0.3) is 0 Å². The summed E-state index contributed by atoms with van der Waals surface area (Å²) in [5.74, 6) is 1.02. The number of hydrogen-bond donors (Lipinski definition) is 2. The van der Waals surface area contributed by atoms with Gasteiger partial charge in [0.15, 0.2) is 5.82 Å². The van der Waals surface area contributed by atoms with E-state index in [4.69, 9.17) is 5.73 Å². The van der Waals surface area contributed by atoms with E-state index in [1.807, 2.05) is 11.9 Å². The molecule has 0 unspecified atom stereocenters. The fraction of sp³-hybridized carbons (Fsp3) is 0.286. The van der Waals surface area contributed by atoms with Gasteiger partial charge in [0.05, 0.1) is 12.1 Å². The molecule has 3 aromatic rings. The molecule has 0 fully saturated rings. The number of halogens is 3. The monoisotopic (exact) mass is 458 g/mol. The van der Waals surface area contributed by atoms with Gasteiger partial charge in [-0.2, -0.15) is 18.2 Å². The number of nitrogens with one attached hydrogen (secondary N) is 1. The van der Waals surface area contributed by atoms with Gasteiger partial charge >= 0.3 is 6.18 Å². The van der Waals surface area contributed by atoms with Crippen molar-refractivity contribution < 1.29 is 18.0 Å². The van der Waals surface area contributed by atoms with Gasteiger partial charge in [-0.25, -0.2) is 4.98 Å². The van der Waals surface area contributed by atoms with E-state index in [9.17, 15) is 18.0 Å². The number of nitrogens with zero attached hydrogens (tertiary/aromatic N) is 6. The largest absolute Gasteiger partial charge is 0.433 e. The maximum absolute atomic E-state index is 12.6. The number of aromatic nitrogens is 4. The van der Waals surface area contributed by atoms with E-state index in [1.54, 1.807) is 16.8 Å². The maximum atomic E-state index is 12.6. The van der Waals surface area contributed by atoms with Gasteiger partial charge in [-0.3, -0.25) is 19.3 Å². The second kappa shape index (κ2) is 8.88. The number of rotatable bonds is 6. The molecule has 172 valence electrons. The minimum Gasteiger partial charge on any atom is -0.404 e. The van der Waals surface area contributed by atoms with E-state index in [2.05, 4.69) is 25.3 Å². The van der Waals surface area contributed by atoms with Gasteiger partial charge in [-0.05, 0) is 17.7 Å². The summed E-state index contributed by atoms with van der Waals surface area (Å²) in [6.45, 7) is 0.979. The number of aliphatic imine (C=N–C) groups is 1. The van der Waals surface area contributed by atoms with Gasteiger partial charge in [-0.15, -0.1) is 0 Å². The van der Waals surface area contributed by atoms with Gasteiger partial charge < -0.3 is 16.0 Å². The smallest absolute Gasteiger partial charge is 0.404 e. The summed E-state index contributed by atoms with van der Waals surface area (Å²) >= 11 is 0. The Hall–Kier alpha value is -3.96. The average molecular weight is 458 g/mol. The van der Waals surface area contributed by atoms with Crippen LogP contribution in [0.15, 0.2) is 47.4 Å². The Bertz CT molecular complexity index is 1230. The number of hydrogen-bond acceptors (Lipinski definition) is 8. The molecule has 33 heavy (non-hydrogen) atoms. The van der Waals surface area contributed by atoms with Gasteiger partial charge in [0.2, 0.25) is 11.9 Å². The summed E-state index contributed by atoms with van der Waals surface area (Å²) in [6.07, 6.45) is 1.65. The standard InChI is InChI=1S/C21H21F3N8O/c1-31-6-5-17(33)32-7-4-15-18(32)19(31)30-20(29-15)28-12-14(8-25)10-26-9-13-2-3-16(27-11-13)21(22,23)24/h2-4,7-8,10-11H,5-6,9,12,25H2,1H3,(H,28,29,30)/b14-8+,26-10?. The molecule has 4 heterocycles. The molecule has 3 aromatic heterocycles. The normalized spacial score (nSPS) is 14.8. The molecular formula is C21H21F3N8O. The second-order valence-electron chi connectivity index (χ2n) is 7.47. The molecule has 0 amide bonds. The van der Waals surface area contributed by atoms with Crippen LogP contribution in [0.1, 0.15) is 22.5 Å². The van der Waals surface area contributed by atoms with Crippen molar-refractivity contribution in [2.75, 3.05) is 30.4 Å².